The Kier molecular flexibility index (Phi) is 3.14. The molecular weight excluding hydrogens is 120 g/mol. The highest BCUT2D eigenvalue weighted by Crippen LogP contribution is 1.84. The van der Waals surface area contributed by atoms with E-state index in [1.165, 1.54) is 6.92 Å². The minimum atomic E-state index is -0.676. The van der Waals surface area contributed by atoms with Crippen LogP contribution in [-0.2, 0) is 14.3 Å². The van der Waals surface area contributed by atoms with Gasteiger partial charge in [0.25, 0.3) is 0 Å². The monoisotopic (exact) mass is 126 g/mol. The van der Waals surface area contributed by atoms with Gasteiger partial charge in [-0.25, -0.2) is 0 Å². The predicted molar refractivity (Wildman–Crippen MR) is 30.2 cm³/mol. The van der Waals surface area contributed by atoms with Crippen LogP contribution in [-0.4, -0.2) is 11.8 Å². The number of carbonyl (C=O) groups is 2. The zero-order valence-corrected chi connectivity index (χ0v) is 5.01. The number of ketones is 1. The lowest BCUT2D eigenvalue weighted by molar-refractivity contribution is -0.139. The van der Waals surface area contributed by atoms with E-state index in [1.807, 2.05) is 0 Å². The van der Waals surface area contributed by atoms with E-state index in [-0.39, 0.29) is 12.2 Å². The largest absolute Gasteiger partial charge is 0.372 e. The first-order valence-electron chi connectivity index (χ1n) is 2.31. The van der Waals surface area contributed by atoms with Gasteiger partial charge in [-0.15, -0.1) is 0 Å². The SMILES string of the molecule is C#COC(=O)CC(C)=O. The average Bonchev–Trinajstić information content (AvgIpc) is 1.63. The molecule has 0 saturated heterocycles. The summed E-state index contributed by atoms with van der Waals surface area (Å²) in [5, 5.41) is 0. The van der Waals surface area contributed by atoms with Crippen molar-refractivity contribution in [1.29, 1.82) is 0 Å². The Labute approximate surface area is 53.0 Å². The van der Waals surface area contributed by atoms with Crippen molar-refractivity contribution in [3.63, 3.8) is 0 Å². The number of terminal acetylenes is 1. The van der Waals surface area contributed by atoms with E-state index in [1.54, 1.807) is 6.11 Å². The summed E-state index contributed by atoms with van der Waals surface area (Å²) >= 11 is 0. The van der Waals surface area contributed by atoms with Gasteiger partial charge in [-0.3, -0.25) is 9.59 Å². The highest BCUT2D eigenvalue weighted by atomic mass is 16.5. The molecule has 0 radical (unpaired) electrons. The van der Waals surface area contributed by atoms with E-state index in [2.05, 4.69) is 11.2 Å². The van der Waals surface area contributed by atoms with Gasteiger partial charge in [-0.05, 0) is 6.92 Å². The van der Waals surface area contributed by atoms with E-state index < -0.39 is 5.97 Å². The molecule has 0 heterocycles. The van der Waals surface area contributed by atoms with Crippen molar-refractivity contribution < 1.29 is 14.3 Å². The minimum Gasteiger partial charge on any atom is -0.372 e. The molecule has 0 atom stereocenters. The summed E-state index contributed by atoms with van der Waals surface area (Å²) in [6.45, 7) is 1.29. The van der Waals surface area contributed by atoms with E-state index in [0.29, 0.717) is 0 Å². The van der Waals surface area contributed by atoms with Crippen LogP contribution < -0.4 is 0 Å². The molecule has 3 nitrogen and oxygen atoms in total. The number of hydrogen-bond donors (Lipinski definition) is 0. The normalized spacial score (nSPS) is 7.56. The summed E-state index contributed by atoms with van der Waals surface area (Å²) in [6.07, 6.45) is 6.03. The Balaban J connectivity index is 3.54. The lowest BCUT2D eigenvalue weighted by Gasteiger charge is -1.89. The van der Waals surface area contributed by atoms with Gasteiger partial charge in [0.15, 0.2) is 0 Å². The zero-order chi connectivity index (χ0) is 7.28. The van der Waals surface area contributed by atoms with Crippen molar-refractivity contribution in [2.75, 3.05) is 0 Å². The standard InChI is InChI=1S/C6H6O3/c1-3-9-6(8)4-5(2)7/h1H,4H2,2H3. The second-order valence-electron chi connectivity index (χ2n) is 1.47. The second kappa shape index (κ2) is 3.67. The molecule has 0 N–H and O–H groups in total. The fourth-order valence-electron chi connectivity index (χ4n) is 0.305. The summed E-state index contributed by atoms with van der Waals surface area (Å²) in [5.74, 6) is -0.930. The maximum absolute atomic E-state index is 10.3. The second-order valence-corrected chi connectivity index (χ2v) is 1.47. The zero-order valence-electron chi connectivity index (χ0n) is 5.01. The molecule has 0 rings (SSSR count). The number of carbonyl (C=O) groups excluding carboxylic acids is 2. The summed E-state index contributed by atoms with van der Waals surface area (Å²) in [7, 11) is 0. The molecule has 0 aromatic carbocycles. The Hall–Kier alpha value is -1.30. The first-order chi connectivity index (χ1) is 4.16. The number of ether oxygens (including phenoxy) is 1. The molecule has 0 amide bonds. The van der Waals surface area contributed by atoms with Gasteiger partial charge in [0.2, 0.25) is 0 Å². The Morgan fingerprint density at radius 3 is 2.56 bits per heavy atom. The van der Waals surface area contributed by atoms with Crippen molar-refractivity contribution >= 4 is 11.8 Å². The molecule has 48 valence electrons. The lowest BCUT2D eigenvalue weighted by Crippen LogP contribution is -2.04. The van der Waals surface area contributed by atoms with E-state index in [4.69, 9.17) is 0 Å². The molecule has 0 saturated carbocycles. The van der Waals surface area contributed by atoms with E-state index in [0.717, 1.165) is 0 Å². The van der Waals surface area contributed by atoms with Gasteiger partial charge in [0.05, 0.1) is 0 Å². The van der Waals surface area contributed by atoms with Crippen molar-refractivity contribution in [3.8, 4) is 12.5 Å². The third-order valence-electron chi connectivity index (χ3n) is 0.566. The molecule has 0 aliphatic rings. The minimum absolute atomic E-state index is 0.246. The van der Waals surface area contributed by atoms with Gasteiger partial charge >= 0.3 is 5.97 Å². The topological polar surface area (TPSA) is 43.4 Å². The van der Waals surface area contributed by atoms with Crippen molar-refractivity contribution in [1.82, 2.24) is 0 Å². The van der Waals surface area contributed by atoms with Crippen LogP contribution in [0, 0.1) is 12.5 Å². The van der Waals surface area contributed by atoms with Crippen molar-refractivity contribution in [2.24, 2.45) is 0 Å². The molecule has 3 heteroatoms. The van der Waals surface area contributed by atoms with Crippen LogP contribution in [0.4, 0.5) is 0 Å². The maximum atomic E-state index is 10.3. The molecule has 9 heavy (non-hydrogen) atoms. The predicted octanol–water partition coefficient (Wildman–Crippen LogP) is 0.0994. The Morgan fingerprint density at radius 1 is 1.67 bits per heavy atom. The average molecular weight is 126 g/mol. The van der Waals surface area contributed by atoms with E-state index >= 15 is 0 Å². The first-order valence-corrected chi connectivity index (χ1v) is 2.31. The molecule has 0 aromatic rings. The highest BCUT2D eigenvalue weighted by molar-refractivity contribution is 5.94. The molecule has 0 unspecified atom stereocenters. The maximum Gasteiger partial charge on any atom is 0.327 e. The van der Waals surface area contributed by atoms with Crippen LogP contribution in [0.25, 0.3) is 0 Å². The van der Waals surface area contributed by atoms with Crippen LogP contribution in [0.1, 0.15) is 13.3 Å². The Morgan fingerprint density at radius 2 is 2.22 bits per heavy atom. The summed E-state index contributed by atoms with van der Waals surface area (Å²) in [6, 6.07) is 0. The number of Topliss-reactive ketones (excluding diaryl/α,β-unsaturated/α-hetero) is 1. The number of hydrogen-bond acceptors (Lipinski definition) is 3. The molecule has 0 aliphatic carbocycles. The summed E-state index contributed by atoms with van der Waals surface area (Å²) in [4.78, 5) is 20.4. The molecular formula is C6H6O3. The first kappa shape index (κ1) is 7.70. The third kappa shape index (κ3) is 4.56. The van der Waals surface area contributed by atoms with E-state index in [9.17, 15) is 9.59 Å². The van der Waals surface area contributed by atoms with Crippen LogP contribution in [0.3, 0.4) is 0 Å². The van der Waals surface area contributed by atoms with Crippen LogP contribution in [0.5, 0.6) is 0 Å². The Bertz CT molecular complexity index is 164. The third-order valence-corrected chi connectivity index (χ3v) is 0.566. The van der Waals surface area contributed by atoms with Crippen molar-refractivity contribution in [2.45, 2.75) is 13.3 Å². The van der Waals surface area contributed by atoms with Crippen molar-refractivity contribution in [3.05, 3.63) is 0 Å². The smallest absolute Gasteiger partial charge is 0.327 e. The molecule has 0 spiro atoms. The summed E-state index contributed by atoms with van der Waals surface area (Å²) < 4.78 is 4.02. The van der Waals surface area contributed by atoms with Gasteiger partial charge in [-0.2, -0.15) is 0 Å². The highest BCUT2D eigenvalue weighted by Gasteiger charge is 2.03. The van der Waals surface area contributed by atoms with Gasteiger partial charge in [-0.1, -0.05) is 6.42 Å². The quantitative estimate of drug-likeness (QED) is 0.299. The number of esters is 1. The fraction of sp³-hybridized carbons (Fsp3) is 0.333. The van der Waals surface area contributed by atoms with Gasteiger partial charge in [0.1, 0.15) is 18.3 Å². The van der Waals surface area contributed by atoms with Crippen LogP contribution in [0.15, 0.2) is 0 Å². The fourth-order valence-corrected chi connectivity index (χ4v) is 0.305. The molecule has 0 aromatic heterocycles. The van der Waals surface area contributed by atoms with Crippen LogP contribution in [0.2, 0.25) is 0 Å². The van der Waals surface area contributed by atoms with Crippen LogP contribution >= 0.6 is 0 Å². The lowest BCUT2D eigenvalue weighted by atomic mass is 10.3. The number of rotatable bonds is 2. The molecule has 0 fully saturated rings. The summed E-state index contributed by atoms with van der Waals surface area (Å²) in [5.41, 5.74) is 0. The van der Waals surface area contributed by atoms with Gasteiger partial charge < -0.3 is 4.74 Å². The van der Waals surface area contributed by atoms with Gasteiger partial charge in [0, 0.05) is 0 Å². The molecule has 0 aliphatic heterocycles. The molecule has 0 bridgehead atoms.